The maximum Gasteiger partial charge on any atom is 0.243 e. The zero-order chi connectivity index (χ0) is 16.3. The summed E-state index contributed by atoms with van der Waals surface area (Å²) >= 11 is 0. The first kappa shape index (κ1) is 20.9. The Morgan fingerprint density at radius 2 is 1.95 bits per heavy atom. The molecule has 0 aromatic heterocycles. The third-order valence-corrected chi connectivity index (χ3v) is 4.54. The molecule has 0 heterocycles. The number of carbonyl (C=O) groups is 1. The topological polar surface area (TPSA) is 101 Å². The molecule has 0 saturated heterocycles. The first-order valence-electron chi connectivity index (χ1n) is 6.79. The van der Waals surface area contributed by atoms with Crippen molar-refractivity contribution in [3.8, 4) is 0 Å². The van der Waals surface area contributed by atoms with Gasteiger partial charge in [0.05, 0.1) is 10.4 Å². The highest BCUT2D eigenvalue weighted by Crippen LogP contribution is 2.17. The van der Waals surface area contributed by atoms with Crippen molar-refractivity contribution in [2.24, 2.45) is 5.73 Å². The van der Waals surface area contributed by atoms with Gasteiger partial charge in [0.1, 0.15) is 0 Å². The lowest BCUT2D eigenvalue weighted by Gasteiger charge is -2.18. The summed E-state index contributed by atoms with van der Waals surface area (Å²) in [5, 5.41) is 2.61. The van der Waals surface area contributed by atoms with Gasteiger partial charge in [-0.1, -0.05) is 13.0 Å². The lowest BCUT2D eigenvalue weighted by molar-refractivity contribution is -0.120. The number of nitrogens with two attached hydrogens (primary N) is 1. The minimum atomic E-state index is -3.60. The molecular formula is C14H24ClN3O3S. The second-order valence-electron chi connectivity index (χ2n) is 5.63. The SMILES string of the molecule is CCC(C)NS(=O)(=O)c1cccc(NC(=O)C(C)(C)N)c1.Cl. The summed E-state index contributed by atoms with van der Waals surface area (Å²) in [6.45, 7) is 6.84. The summed E-state index contributed by atoms with van der Waals surface area (Å²) in [4.78, 5) is 11.9. The molecule has 0 bridgehead atoms. The first-order valence-corrected chi connectivity index (χ1v) is 8.27. The van der Waals surface area contributed by atoms with Crippen molar-refractivity contribution in [1.29, 1.82) is 0 Å². The van der Waals surface area contributed by atoms with Crippen molar-refractivity contribution in [1.82, 2.24) is 4.72 Å². The number of hydrogen-bond donors (Lipinski definition) is 3. The number of amides is 1. The lowest BCUT2D eigenvalue weighted by Crippen LogP contribution is -2.45. The van der Waals surface area contributed by atoms with E-state index in [4.69, 9.17) is 5.73 Å². The van der Waals surface area contributed by atoms with Crippen molar-refractivity contribution in [2.75, 3.05) is 5.32 Å². The van der Waals surface area contributed by atoms with E-state index in [0.29, 0.717) is 12.1 Å². The maximum absolute atomic E-state index is 12.2. The molecular weight excluding hydrogens is 326 g/mol. The smallest absolute Gasteiger partial charge is 0.243 e. The van der Waals surface area contributed by atoms with Gasteiger partial charge in [0.2, 0.25) is 15.9 Å². The van der Waals surface area contributed by atoms with Crippen molar-refractivity contribution < 1.29 is 13.2 Å². The Hall–Kier alpha value is -1.15. The van der Waals surface area contributed by atoms with Crippen LogP contribution in [0.25, 0.3) is 0 Å². The molecule has 1 aromatic carbocycles. The average Bonchev–Trinajstić information content (AvgIpc) is 2.37. The lowest BCUT2D eigenvalue weighted by atomic mass is 10.1. The van der Waals surface area contributed by atoms with Gasteiger partial charge in [0.25, 0.3) is 0 Å². The molecule has 6 nitrogen and oxygen atoms in total. The molecule has 0 aliphatic carbocycles. The highest BCUT2D eigenvalue weighted by molar-refractivity contribution is 7.89. The molecule has 1 unspecified atom stereocenters. The molecule has 0 radical (unpaired) electrons. The molecule has 22 heavy (non-hydrogen) atoms. The summed E-state index contributed by atoms with van der Waals surface area (Å²) in [7, 11) is -3.60. The van der Waals surface area contributed by atoms with Crippen molar-refractivity contribution in [3.05, 3.63) is 24.3 Å². The molecule has 0 aliphatic heterocycles. The largest absolute Gasteiger partial charge is 0.324 e. The number of rotatable bonds is 6. The van der Waals surface area contributed by atoms with Crippen LogP contribution in [-0.4, -0.2) is 25.9 Å². The number of benzene rings is 1. The van der Waals surface area contributed by atoms with Gasteiger partial charge in [0, 0.05) is 11.7 Å². The Kier molecular flexibility index (Phi) is 7.50. The van der Waals surface area contributed by atoms with Gasteiger partial charge in [-0.3, -0.25) is 4.79 Å². The van der Waals surface area contributed by atoms with Crippen LogP contribution in [0.3, 0.4) is 0 Å². The quantitative estimate of drug-likeness (QED) is 0.729. The van der Waals surface area contributed by atoms with Crippen LogP contribution in [0.2, 0.25) is 0 Å². The molecule has 1 aromatic rings. The fourth-order valence-electron chi connectivity index (χ4n) is 1.45. The highest BCUT2D eigenvalue weighted by Gasteiger charge is 2.22. The van der Waals surface area contributed by atoms with E-state index in [1.165, 1.54) is 12.1 Å². The number of sulfonamides is 1. The summed E-state index contributed by atoms with van der Waals surface area (Å²) < 4.78 is 26.9. The Morgan fingerprint density at radius 1 is 1.36 bits per heavy atom. The van der Waals surface area contributed by atoms with Crippen molar-refractivity contribution in [2.45, 2.75) is 50.6 Å². The third kappa shape index (κ3) is 5.92. The monoisotopic (exact) mass is 349 g/mol. The van der Waals surface area contributed by atoms with Crippen LogP contribution in [0.1, 0.15) is 34.1 Å². The summed E-state index contributed by atoms with van der Waals surface area (Å²) in [5.74, 6) is -0.382. The van der Waals surface area contributed by atoms with E-state index in [2.05, 4.69) is 10.0 Å². The van der Waals surface area contributed by atoms with Crippen molar-refractivity contribution in [3.63, 3.8) is 0 Å². The molecule has 1 rings (SSSR count). The summed E-state index contributed by atoms with van der Waals surface area (Å²) in [5.41, 5.74) is 5.05. The van der Waals surface area contributed by atoms with E-state index in [-0.39, 0.29) is 29.3 Å². The van der Waals surface area contributed by atoms with Gasteiger partial charge in [0.15, 0.2) is 0 Å². The summed E-state index contributed by atoms with van der Waals surface area (Å²) in [6.07, 6.45) is 0.691. The minimum Gasteiger partial charge on any atom is -0.324 e. The molecule has 8 heteroatoms. The van der Waals surface area contributed by atoms with Crippen LogP contribution >= 0.6 is 12.4 Å². The van der Waals surface area contributed by atoms with E-state index in [9.17, 15) is 13.2 Å². The highest BCUT2D eigenvalue weighted by atomic mass is 35.5. The minimum absolute atomic E-state index is 0. The standard InChI is InChI=1S/C14H23N3O3S.ClH/c1-5-10(2)17-21(19,20)12-8-6-7-11(9-12)16-13(18)14(3,4)15;/h6-10,17H,5,15H2,1-4H3,(H,16,18);1H. The molecule has 1 amide bonds. The Bertz CT molecular complexity index is 612. The Balaban J connectivity index is 0.00000441. The fraction of sp³-hybridized carbons (Fsp3) is 0.500. The first-order chi connectivity index (χ1) is 9.56. The maximum atomic E-state index is 12.2. The van der Waals surface area contributed by atoms with Crippen LogP contribution in [0.5, 0.6) is 0 Å². The molecule has 0 fully saturated rings. The number of anilines is 1. The van der Waals surface area contributed by atoms with Crippen LogP contribution < -0.4 is 15.8 Å². The molecule has 1 atom stereocenters. The van der Waals surface area contributed by atoms with Gasteiger partial charge < -0.3 is 11.1 Å². The number of hydrogen-bond acceptors (Lipinski definition) is 4. The van der Waals surface area contributed by atoms with E-state index >= 15 is 0 Å². The molecule has 126 valence electrons. The number of carbonyl (C=O) groups excluding carboxylic acids is 1. The zero-order valence-electron chi connectivity index (χ0n) is 13.2. The van der Waals surface area contributed by atoms with Crippen LogP contribution in [-0.2, 0) is 14.8 Å². The second-order valence-corrected chi connectivity index (χ2v) is 7.35. The van der Waals surface area contributed by atoms with Gasteiger partial charge in [-0.25, -0.2) is 13.1 Å². The fourth-order valence-corrected chi connectivity index (χ4v) is 2.82. The summed E-state index contributed by atoms with van der Waals surface area (Å²) in [6, 6.07) is 5.93. The van der Waals surface area contributed by atoms with Crippen LogP contribution in [0.15, 0.2) is 29.2 Å². The molecule has 4 N–H and O–H groups in total. The molecule has 0 saturated carbocycles. The second kappa shape index (κ2) is 7.92. The average molecular weight is 350 g/mol. The third-order valence-electron chi connectivity index (χ3n) is 2.96. The Labute approximate surface area is 138 Å². The number of halogens is 1. The van der Waals surface area contributed by atoms with Crippen LogP contribution in [0, 0.1) is 0 Å². The molecule has 0 spiro atoms. The van der Waals surface area contributed by atoms with Gasteiger partial charge in [-0.05, 0) is 45.4 Å². The van der Waals surface area contributed by atoms with Gasteiger partial charge in [-0.15, -0.1) is 12.4 Å². The van der Waals surface area contributed by atoms with E-state index < -0.39 is 15.6 Å². The predicted octanol–water partition coefficient (Wildman–Crippen LogP) is 1.86. The van der Waals surface area contributed by atoms with E-state index in [0.717, 1.165) is 0 Å². The van der Waals surface area contributed by atoms with Gasteiger partial charge >= 0.3 is 0 Å². The predicted molar refractivity (Wildman–Crippen MR) is 90.7 cm³/mol. The number of nitrogens with one attached hydrogen (secondary N) is 2. The van der Waals surface area contributed by atoms with E-state index in [1.807, 2.05) is 6.92 Å². The van der Waals surface area contributed by atoms with Crippen LogP contribution in [0.4, 0.5) is 5.69 Å². The normalized spacial score (nSPS) is 13.1. The molecule has 0 aliphatic rings. The van der Waals surface area contributed by atoms with Crippen molar-refractivity contribution >= 4 is 34.0 Å². The Morgan fingerprint density at radius 3 is 2.45 bits per heavy atom. The van der Waals surface area contributed by atoms with E-state index in [1.54, 1.807) is 32.9 Å². The zero-order valence-corrected chi connectivity index (χ0v) is 14.8. The van der Waals surface area contributed by atoms with Gasteiger partial charge in [-0.2, -0.15) is 0 Å².